The summed E-state index contributed by atoms with van der Waals surface area (Å²) in [6.45, 7) is 3.90. The van der Waals surface area contributed by atoms with Crippen molar-refractivity contribution in [1.29, 1.82) is 0 Å². The smallest absolute Gasteiger partial charge is 0.339 e. The van der Waals surface area contributed by atoms with Gasteiger partial charge in [0.2, 0.25) is 0 Å². The fourth-order valence-corrected chi connectivity index (χ4v) is 1.91. The SMILES string of the molecule is CC(C)C1CC(=O)c2cccc(C(=O)O)c2O1. The summed E-state index contributed by atoms with van der Waals surface area (Å²) in [7, 11) is 0. The molecule has 0 radical (unpaired) electrons. The molecule has 0 spiro atoms. The quantitative estimate of drug-likeness (QED) is 0.853. The Bertz CT molecular complexity index is 462. The van der Waals surface area contributed by atoms with Crippen molar-refractivity contribution in [2.75, 3.05) is 0 Å². The highest BCUT2D eigenvalue weighted by molar-refractivity contribution is 6.04. The standard InChI is InChI=1S/C13H14O4/c1-7(2)11-6-10(14)8-4-3-5-9(13(15)16)12(8)17-11/h3-5,7,11H,6H2,1-2H3,(H,15,16). The van der Waals surface area contributed by atoms with Gasteiger partial charge in [0.05, 0.1) is 5.56 Å². The lowest BCUT2D eigenvalue weighted by atomic mass is 9.93. The summed E-state index contributed by atoms with van der Waals surface area (Å²) in [6, 6.07) is 4.64. The molecule has 0 aromatic heterocycles. The zero-order chi connectivity index (χ0) is 12.6. The Kier molecular flexibility index (Phi) is 2.88. The third-order valence-corrected chi connectivity index (χ3v) is 2.95. The molecule has 0 aliphatic carbocycles. The second-order valence-corrected chi connectivity index (χ2v) is 4.52. The molecule has 2 rings (SSSR count). The van der Waals surface area contributed by atoms with E-state index in [9.17, 15) is 9.59 Å². The fourth-order valence-electron chi connectivity index (χ4n) is 1.91. The highest BCUT2D eigenvalue weighted by Gasteiger charge is 2.31. The van der Waals surface area contributed by atoms with Gasteiger partial charge >= 0.3 is 5.97 Å². The van der Waals surface area contributed by atoms with Crippen LogP contribution < -0.4 is 4.74 Å². The van der Waals surface area contributed by atoms with Crippen LogP contribution >= 0.6 is 0 Å². The van der Waals surface area contributed by atoms with Crippen LogP contribution in [0, 0.1) is 5.92 Å². The van der Waals surface area contributed by atoms with Crippen molar-refractivity contribution < 1.29 is 19.4 Å². The Morgan fingerprint density at radius 3 is 2.76 bits per heavy atom. The lowest BCUT2D eigenvalue weighted by molar-refractivity contribution is 0.0668. The lowest BCUT2D eigenvalue weighted by Crippen LogP contribution is -2.32. The first-order chi connectivity index (χ1) is 8.00. The number of carbonyl (C=O) groups excluding carboxylic acids is 1. The summed E-state index contributed by atoms with van der Waals surface area (Å²) >= 11 is 0. The average Bonchev–Trinajstić information content (AvgIpc) is 2.27. The van der Waals surface area contributed by atoms with Crippen molar-refractivity contribution in [2.24, 2.45) is 5.92 Å². The average molecular weight is 234 g/mol. The molecule has 1 aromatic carbocycles. The van der Waals surface area contributed by atoms with E-state index < -0.39 is 5.97 Å². The minimum Gasteiger partial charge on any atom is -0.488 e. The summed E-state index contributed by atoms with van der Waals surface area (Å²) in [5, 5.41) is 9.06. The second kappa shape index (κ2) is 4.20. The number of fused-ring (bicyclic) bond motifs is 1. The number of hydrogen-bond donors (Lipinski definition) is 1. The van der Waals surface area contributed by atoms with E-state index in [1.807, 2.05) is 13.8 Å². The monoisotopic (exact) mass is 234 g/mol. The van der Waals surface area contributed by atoms with Crippen molar-refractivity contribution in [1.82, 2.24) is 0 Å². The van der Waals surface area contributed by atoms with Crippen molar-refractivity contribution >= 4 is 11.8 Å². The molecule has 0 saturated carbocycles. The zero-order valence-electron chi connectivity index (χ0n) is 9.77. The Morgan fingerprint density at radius 1 is 1.47 bits per heavy atom. The van der Waals surface area contributed by atoms with Gasteiger partial charge in [0.15, 0.2) is 5.78 Å². The second-order valence-electron chi connectivity index (χ2n) is 4.52. The van der Waals surface area contributed by atoms with Gasteiger partial charge in [0.25, 0.3) is 0 Å². The molecule has 0 saturated heterocycles. The number of ether oxygens (including phenoxy) is 1. The van der Waals surface area contributed by atoms with Crippen molar-refractivity contribution in [2.45, 2.75) is 26.4 Å². The number of para-hydroxylation sites is 1. The van der Waals surface area contributed by atoms with Gasteiger partial charge in [-0.2, -0.15) is 0 Å². The van der Waals surface area contributed by atoms with Gasteiger partial charge in [0.1, 0.15) is 17.4 Å². The van der Waals surface area contributed by atoms with Crippen LogP contribution in [-0.4, -0.2) is 23.0 Å². The molecular weight excluding hydrogens is 220 g/mol. The van der Waals surface area contributed by atoms with E-state index in [0.717, 1.165) is 0 Å². The Balaban J connectivity index is 2.50. The number of rotatable bonds is 2. The summed E-state index contributed by atoms with van der Waals surface area (Å²) in [4.78, 5) is 23.0. The molecule has 0 fully saturated rings. The predicted octanol–water partition coefficient (Wildman–Crippen LogP) is 2.37. The Hall–Kier alpha value is -1.84. The Morgan fingerprint density at radius 2 is 2.18 bits per heavy atom. The van der Waals surface area contributed by atoms with Crippen molar-refractivity contribution in [3.05, 3.63) is 29.3 Å². The zero-order valence-corrected chi connectivity index (χ0v) is 9.77. The molecule has 4 heteroatoms. The normalized spacial score (nSPS) is 18.8. The number of aromatic carboxylic acids is 1. The molecule has 0 amide bonds. The van der Waals surface area contributed by atoms with E-state index in [1.54, 1.807) is 12.1 Å². The van der Waals surface area contributed by atoms with Crippen LogP contribution in [0.3, 0.4) is 0 Å². The molecule has 1 atom stereocenters. The third kappa shape index (κ3) is 2.02. The van der Waals surface area contributed by atoms with Gasteiger partial charge in [-0.15, -0.1) is 0 Å². The van der Waals surface area contributed by atoms with E-state index in [1.165, 1.54) is 6.07 Å². The maximum absolute atomic E-state index is 11.9. The number of carboxylic acids is 1. The summed E-state index contributed by atoms with van der Waals surface area (Å²) in [6.07, 6.45) is 0.0730. The number of hydrogen-bond acceptors (Lipinski definition) is 3. The lowest BCUT2D eigenvalue weighted by Gasteiger charge is -2.28. The van der Waals surface area contributed by atoms with Crippen LogP contribution in [0.2, 0.25) is 0 Å². The topological polar surface area (TPSA) is 63.6 Å². The van der Waals surface area contributed by atoms with E-state index in [4.69, 9.17) is 9.84 Å². The molecule has 1 aliphatic rings. The highest BCUT2D eigenvalue weighted by atomic mass is 16.5. The maximum Gasteiger partial charge on any atom is 0.339 e. The van der Waals surface area contributed by atoms with Gasteiger partial charge in [-0.25, -0.2) is 4.79 Å². The molecule has 1 unspecified atom stereocenters. The number of ketones is 1. The highest BCUT2D eigenvalue weighted by Crippen LogP contribution is 2.33. The summed E-state index contributed by atoms with van der Waals surface area (Å²) < 4.78 is 5.65. The number of carbonyl (C=O) groups is 2. The fraction of sp³-hybridized carbons (Fsp3) is 0.385. The maximum atomic E-state index is 11.9. The molecule has 1 aromatic rings. The predicted molar refractivity (Wildman–Crippen MR) is 61.6 cm³/mol. The van der Waals surface area contributed by atoms with Gasteiger partial charge in [-0.3, -0.25) is 4.79 Å². The summed E-state index contributed by atoms with van der Waals surface area (Å²) in [5.74, 6) is -0.726. The number of carboxylic acid groups (broad SMARTS) is 1. The number of benzene rings is 1. The molecule has 1 aliphatic heterocycles. The molecular formula is C13H14O4. The van der Waals surface area contributed by atoms with Gasteiger partial charge in [0, 0.05) is 6.42 Å². The molecule has 1 heterocycles. The van der Waals surface area contributed by atoms with Crippen molar-refractivity contribution in [3.63, 3.8) is 0 Å². The van der Waals surface area contributed by atoms with Crippen molar-refractivity contribution in [3.8, 4) is 5.75 Å². The van der Waals surface area contributed by atoms with Gasteiger partial charge in [-0.05, 0) is 18.1 Å². The third-order valence-electron chi connectivity index (χ3n) is 2.95. The van der Waals surface area contributed by atoms with E-state index >= 15 is 0 Å². The minimum atomic E-state index is -1.07. The van der Waals surface area contributed by atoms with E-state index in [-0.39, 0.29) is 29.1 Å². The van der Waals surface area contributed by atoms with Crippen LogP contribution in [0.4, 0.5) is 0 Å². The summed E-state index contributed by atoms with van der Waals surface area (Å²) in [5.41, 5.74) is 0.433. The molecule has 0 bridgehead atoms. The molecule has 17 heavy (non-hydrogen) atoms. The first-order valence-electron chi connectivity index (χ1n) is 5.57. The Labute approximate surface area is 99.2 Å². The largest absolute Gasteiger partial charge is 0.488 e. The van der Waals surface area contributed by atoms with Crippen LogP contribution in [-0.2, 0) is 0 Å². The van der Waals surface area contributed by atoms with Crippen LogP contribution in [0.5, 0.6) is 5.75 Å². The number of Topliss-reactive ketones (excluding diaryl/α,β-unsaturated/α-hetero) is 1. The van der Waals surface area contributed by atoms with Crippen LogP contribution in [0.1, 0.15) is 41.0 Å². The van der Waals surface area contributed by atoms with Crippen LogP contribution in [0.15, 0.2) is 18.2 Å². The van der Waals surface area contributed by atoms with E-state index in [0.29, 0.717) is 12.0 Å². The molecule has 90 valence electrons. The van der Waals surface area contributed by atoms with Gasteiger partial charge < -0.3 is 9.84 Å². The van der Waals surface area contributed by atoms with Gasteiger partial charge in [-0.1, -0.05) is 19.9 Å². The minimum absolute atomic E-state index is 0.0481. The van der Waals surface area contributed by atoms with Crippen LogP contribution in [0.25, 0.3) is 0 Å². The van der Waals surface area contributed by atoms with E-state index in [2.05, 4.69) is 0 Å². The molecule has 4 nitrogen and oxygen atoms in total. The molecule has 1 N–H and O–H groups in total. The first-order valence-corrected chi connectivity index (χ1v) is 5.57. The first kappa shape index (κ1) is 11.6.